The Morgan fingerprint density at radius 2 is 2.00 bits per heavy atom. The van der Waals surface area contributed by atoms with Gasteiger partial charge in [0.25, 0.3) is 0 Å². The van der Waals surface area contributed by atoms with Crippen molar-refractivity contribution in [2.75, 3.05) is 26.2 Å². The van der Waals surface area contributed by atoms with E-state index >= 15 is 0 Å². The molecule has 2 saturated heterocycles. The predicted octanol–water partition coefficient (Wildman–Crippen LogP) is 3.03. The van der Waals surface area contributed by atoms with Crippen molar-refractivity contribution < 1.29 is 4.79 Å². The lowest BCUT2D eigenvalue weighted by Gasteiger charge is -2.49. The van der Waals surface area contributed by atoms with Crippen LogP contribution in [0.4, 0.5) is 0 Å². The first-order valence-corrected chi connectivity index (χ1v) is 9.73. The summed E-state index contributed by atoms with van der Waals surface area (Å²) in [5.74, 6) is 1.36. The molecule has 1 atom stereocenters. The predicted molar refractivity (Wildman–Crippen MR) is 102 cm³/mol. The molecule has 2 aliphatic rings. The van der Waals surface area contributed by atoms with Gasteiger partial charge in [-0.15, -0.1) is 0 Å². The van der Waals surface area contributed by atoms with Gasteiger partial charge in [-0.05, 0) is 50.3 Å². The van der Waals surface area contributed by atoms with Crippen LogP contribution in [0.2, 0.25) is 0 Å². The van der Waals surface area contributed by atoms with Crippen LogP contribution in [-0.2, 0) is 11.3 Å². The molecular formula is C21H28N4O. The SMILES string of the molecule is CCN1CC2(CCN(Cc3ncc[nH]3)CC2)CC(c2ccccc2)C1=O. The van der Waals surface area contributed by atoms with E-state index in [1.54, 1.807) is 0 Å². The number of aromatic nitrogens is 2. The van der Waals surface area contributed by atoms with E-state index in [-0.39, 0.29) is 11.3 Å². The number of carbonyl (C=O) groups excluding carboxylic acids is 1. The topological polar surface area (TPSA) is 52.2 Å². The highest BCUT2D eigenvalue weighted by atomic mass is 16.2. The average molecular weight is 352 g/mol. The summed E-state index contributed by atoms with van der Waals surface area (Å²) in [5, 5.41) is 0. The Labute approximate surface area is 155 Å². The van der Waals surface area contributed by atoms with E-state index in [0.717, 1.165) is 57.8 Å². The van der Waals surface area contributed by atoms with Crippen molar-refractivity contribution in [2.45, 2.75) is 38.6 Å². The number of amides is 1. The van der Waals surface area contributed by atoms with E-state index in [2.05, 4.69) is 38.8 Å². The maximum absolute atomic E-state index is 13.0. The number of aromatic amines is 1. The number of imidazole rings is 1. The second-order valence-electron chi connectivity index (χ2n) is 7.83. The zero-order chi connectivity index (χ0) is 18.0. The van der Waals surface area contributed by atoms with E-state index in [4.69, 9.17) is 0 Å². The summed E-state index contributed by atoms with van der Waals surface area (Å²) in [5.41, 5.74) is 1.43. The average Bonchev–Trinajstić information content (AvgIpc) is 3.19. The van der Waals surface area contributed by atoms with Crippen LogP contribution in [0.25, 0.3) is 0 Å². The minimum absolute atomic E-state index is 0.0153. The van der Waals surface area contributed by atoms with Crippen LogP contribution in [0.1, 0.15) is 43.5 Å². The summed E-state index contributed by atoms with van der Waals surface area (Å²) in [7, 11) is 0. The molecule has 5 nitrogen and oxygen atoms in total. The second-order valence-corrected chi connectivity index (χ2v) is 7.83. The molecule has 3 heterocycles. The number of nitrogens with zero attached hydrogens (tertiary/aromatic N) is 3. The molecule has 26 heavy (non-hydrogen) atoms. The molecule has 0 saturated carbocycles. The minimum Gasteiger partial charge on any atom is -0.348 e. The summed E-state index contributed by atoms with van der Waals surface area (Å²) >= 11 is 0. The lowest BCUT2D eigenvalue weighted by Crippen LogP contribution is -2.53. The summed E-state index contributed by atoms with van der Waals surface area (Å²) in [4.78, 5) is 25.1. The lowest BCUT2D eigenvalue weighted by atomic mass is 9.67. The van der Waals surface area contributed by atoms with Crippen molar-refractivity contribution >= 4 is 5.91 Å². The second kappa shape index (κ2) is 7.23. The van der Waals surface area contributed by atoms with Gasteiger partial charge in [-0.3, -0.25) is 9.69 Å². The summed E-state index contributed by atoms with van der Waals surface area (Å²) in [6.07, 6.45) is 7.00. The molecule has 0 aliphatic carbocycles. The van der Waals surface area contributed by atoms with Gasteiger partial charge in [-0.1, -0.05) is 30.3 Å². The fourth-order valence-corrected chi connectivity index (χ4v) is 4.65. The van der Waals surface area contributed by atoms with Crippen LogP contribution >= 0.6 is 0 Å². The Balaban J connectivity index is 1.48. The Morgan fingerprint density at radius 3 is 2.65 bits per heavy atom. The highest BCUT2D eigenvalue weighted by molar-refractivity contribution is 5.84. The number of benzene rings is 1. The molecule has 0 bridgehead atoms. The highest BCUT2D eigenvalue weighted by Gasteiger charge is 2.45. The number of H-pyrrole nitrogens is 1. The maximum Gasteiger partial charge on any atom is 0.230 e. The zero-order valence-electron chi connectivity index (χ0n) is 15.5. The van der Waals surface area contributed by atoms with Gasteiger partial charge in [0.1, 0.15) is 5.82 Å². The number of hydrogen-bond donors (Lipinski definition) is 1. The fraction of sp³-hybridized carbons (Fsp3) is 0.524. The third-order valence-electron chi connectivity index (χ3n) is 6.20. The van der Waals surface area contributed by atoms with E-state index < -0.39 is 0 Å². The smallest absolute Gasteiger partial charge is 0.230 e. The lowest BCUT2D eigenvalue weighted by molar-refractivity contribution is -0.141. The standard InChI is InChI=1S/C21H28N4O/c1-2-25-16-21(14-18(20(25)26)17-6-4-3-5-7-17)8-12-24(13-9-21)15-19-22-10-11-23-19/h3-7,10-11,18H,2,8-9,12-16H2,1H3,(H,22,23). The normalized spacial score (nSPS) is 23.5. The van der Waals surface area contributed by atoms with E-state index in [9.17, 15) is 4.79 Å². The van der Waals surface area contributed by atoms with Crippen molar-refractivity contribution in [3.8, 4) is 0 Å². The van der Waals surface area contributed by atoms with Gasteiger partial charge in [0.2, 0.25) is 5.91 Å². The first kappa shape index (κ1) is 17.3. The molecule has 2 aromatic rings. The van der Waals surface area contributed by atoms with Crippen LogP contribution in [0.15, 0.2) is 42.7 Å². The van der Waals surface area contributed by atoms with Gasteiger partial charge in [-0.2, -0.15) is 0 Å². The van der Waals surface area contributed by atoms with Gasteiger partial charge < -0.3 is 9.88 Å². The number of likely N-dealkylation sites (tertiary alicyclic amines) is 2. The molecule has 1 aromatic heterocycles. The van der Waals surface area contributed by atoms with E-state index in [1.807, 2.05) is 30.6 Å². The molecule has 1 unspecified atom stereocenters. The summed E-state index contributed by atoms with van der Waals surface area (Å²) < 4.78 is 0. The van der Waals surface area contributed by atoms with E-state index in [1.165, 1.54) is 5.56 Å². The van der Waals surface area contributed by atoms with Crippen molar-refractivity contribution in [1.82, 2.24) is 19.8 Å². The monoisotopic (exact) mass is 352 g/mol. The third-order valence-corrected chi connectivity index (χ3v) is 6.20. The molecule has 2 aliphatic heterocycles. The molecule has 1 amide bonds. The van der Waals surface area contributed by atoms with Crippen molar-refractivity contribution in [1.29, 1.82) is 0 Å². The molecular weight excluding hydrogens is 324 g/mol. The molecule has 1 aromatic carbocycles. The molecule has 138 valence electrons. The molecule has 1 N–H and O–H groups in total. The molecule has 2 fully saturated rings. The van der Waals surface area contributed by atoms with Crippen LogP contribution in [-0.4, -0.2) is 51.9 Å². The van der Waals surface area contributed by atoms with Crippen molar-refractivity contribution in [2.24, 2.45) is 5.41 Å². The van der Waals surface area contributed by atoms with Crippen LogP contribution in [0, 0.1) is 5.41 Å². The van der Waals surface area contributed by atoms with Gasteiger partial charge in [-0.25, -0.2) is 4.98 Å². The largest absolute Gasteiger partial charge is 0.348 e. The quantitative estimate of drug-likeness (QED) is 0.920. The number of rotatable bonds is 4. The van der Waals surface area contributed by atoms with Gasteiger partial charge in [0.15, 0.2) is 0 Å². The maximum atomic E-state index is 13.0. The first-order valence-electron chi connectivity index (χ1n) is 9.73. The Hall–Kier alpha value is -2.14. The zero-order valence-corrected chi connectivity index (χ0v) is 15.5. The third kappa shape index (κ3) is 3.40. The number of carbonyl (C=O) groups is 1. The fourth-order valence-electron chi connectivity index (χ4n) is 4.65. The number of likely N-dealkylation sites (N-methyl/N-ethyl adjacent to an activating group) is 1. The summed E-state index contributed by atoms with van der Waals surface area (Å²) in [6, 6.07) is 10.3. The first-order chi connectivity index (χ1) is 12.7. The Morgan fingerprint density at radius 1 is 1.23 bits per heavy atom. The van der Waals surface area contributed by atoms with Gasteiger partial charge in [0.05, 0.1) is 12.5 Å². The van der Waals surface area contributed by atoms with Crippen LogP contribution < -0.4 is 0 Å². The van der Waals surface area contributed by atoms with Crippen molar-refractivity contribution in [3.05, 3.63) is 54.1 Å². The number of piperidine rings is 2. The Kier molecular flexibility index (Phi) is 4.81. The highest BCUT2D eigenvalue weighted by Crippen LogP contribution is 2.45. The minimum atomic E-state index is 0.0153. The molecule has 4 rings (SSSR count). The molecule has 1 spiro atoms. The van der Waals surface area contributed by atoms with Crippen LogP contribution in [0.5, 0.6) is 0 Å². The number of nitrogens with one attached hydrogen (secondary N) is 1. The molecule has 5 heteroatoms. The summed E-state index contributed by atoms with van der Waals surface area (Å²) in [6.45, 7) is 6.87. The van der Waals surface area contributed by atoms with Crippen LogP contribution in [0.3, 0.4) is 0 Å². The van der Waals surface area contributed by atoms with Gasteiger partial charge in [0, 0.05) is 25.5 Å². The van der Waals surface area contributed by atoms with Crippen molar-refractivity contribution in [3.63, 3.8) is 0 Å². The Bertz CT molecular complexity index is 720. The van der Waals surface area contributed by atoms with E-state index in [0.29, 0.717) is 5.91 Å². The number of hydrogen-bond acceptors (Lipinski definition) is 3. The van der Waals surface area contributed by atoms with Gasteiger partial charge >= 0.3 is 0 Å². The molecule has 0 radical (unpaired) electrons.